The van der Waals surface area contributed by atoms with E-state index < -0.39 is 17.4 Å². The molecule has 0 aromatic heterocycles. The fourth-order valence-corrected chi connectivity index (χ4v) is 2.64. The van der Waals surface area contributed by atoms with Crippen molar-refractivity contribution in [1.29, 1.82) is 5.26 Å². The van der Waals surface area contributed by atoms with Gasteiger partial charge in [0.05, 0.1) is 11.1 Å². The molecule has 1 aliphatic rings. The Hall–Kier alpha value is -3.07. The zero-order valence-corrected chi connectivity index (χ0v) is 13.1. The lowest BCUT2D eigenvalue weighted by Crippen LogP contribution is -2.24. The number of carbonyl (C=O) groups is 1. The summed E-state index contributed by atoms with van der Waals surface area (Å²) in [6.45, 7) is 3.78. The first-order valence-electron chi connectivity index (χ1n) is 7.26. The van der Waals surface area contributed by atoms with E-state index in [1.54, 1.807) is 6.07 Å². The molecule has 2 aromatic carbocycles. The zero-order valence-electron chi connectivity index (χ0n) is 13.1. The molecule has 2 aromatic rings. The summed E-state index contributed by atoms with van der Waals surface area (Å²) in [7, 11) is 0. The predicted molar refractivity (Wildman–Crippen MR) is 83.0 cm³/mol. The van der Waals surface area contributed by atoms with Crippen LogP contribution >= 0.6 is 0 Å². The summed E-state index contributed by atoms with van der Waals surface area (Å²) in [6.07, 6.45) is 0.538. The Labute approximate surface area is 137 Å². The number of fused-ring (bicyclic) bond motifs is 1. The summed E-state index contributed by atoms with van der Waals surface area (Å²) in [5, 5.41) is 18.0. The van der Waals surface area contributed by atoms with Gasteiger partial charge in [0.1, 0.15) is 34.7 Å². The maximum atomic E-state index is 13.7. The number of nitriles is 1. The first-order valence-corrected chi connectivity index (χ1v) is 7.26. The number of hydrogen-bond acceptors (Lipinski definition) is 4. The Kier molecular flexibility index (Phi) is 3.64. The van der Waals surface area contributed by atoms with E-state index in [4.69, 9.17) is 14.7 Å². The lowest BCUT2D eigenvalue weighted by atomic mass is 10.00. The second-order valence-electron chi connectivity index (χ2n) is 6.15. The van der Waals surface area contributed by atoms with Crippen molar-refractivity contribution in [2.24, 2.45) is 0 Å². The molecular weight excluding hydrogens is 313 g/mol. The van der Waals surface area contributed by atoms with Gasteiger partial charge in [-0.15, -0.1) is 0 Å². The Morgan fingerprint density at radius 3 is 2.75 bits per heavy atom. The third-order valence-corrected chi connectivity index (χ3v) is 3.69. The first kappa shape index (κ1) is 15.8. The van der Waals surface area contributed by atoms with Crippen LogP contribution in [0.25, 0.3) is 0 Å². The summed E-state index contributed by atoms with van der Waals surface area (Å²) < 4.78 is 25.2. The number of hydrogen-bond donors (Lipinski definition) is 1. The zero-order chi connectivity index (χ0) is 17.5. The molecule has 0 amide bonds. The first-order chi connectivity index (χ1) is 11.3. The van der Waals surface area contributed by atoms with Crippen molar-refractivity contribution in [3.63, 3.8) is 0 Å². The van der Waals surface area contributed by atoms with E-state index in [-0.39, 0.29) is 16.9 Å². The van der Waals surface area contributed by atoms with Crippen molar-refractivity contribution in [1.82, 2.24) is 0 Å². The van der Waals surface area contributed by atoms with Gasteiger partial charge in [0.2, 0.25) is 0 Å². The van der Waals surface area contributed by atoms with E-state index in [0.717, 1.165) is 11.6 Å². The summed E-state index contributed by atoms with van der Waals surface area (Å²) >= 11 is 0. The number of rotatable bonds is 3. The van der Waals surface area contributed by atoms with Gasteiger partial charge in [0.15, 0.2) is 0 Å². The number of aromatic carboxylic acids is 1. The average molecular weight is 327 g/mol. The molecule has 1 heterocycles. The lowest BCUT2D eigenvalue weighted by Gasteiger charge is -2.16. The standard InChI is InChI=1S/C18H14FNO4/c1-18(2)8-13-15(5-11(17(21)22)6-16(13)24-18)23-12-4-3-10(9-20)14(19)7-12/h3-7H,8H2,1-2H3,(H,21,22). The van der Waals surface area contributed by atoms with E-state index in [9.17, 15) is 14.3 Å². The molecular formula is C18H14FNO4. The van der Waals surface area contributed by atoms with Crippen molar-refractivity contribution < 1.29 is 23.8 Å². The largest absolute Gasteiger partial charge is 0.487 e. The molecule has 6 heteroatoms. The van der Waals surface area contributed by atoms with Gasteiger partial charge in [-0.2, -0.15) is 5.26 Å². The molecule has 0 saturated carbocycles. The fourth-order valence-electron chi connectivity index (χ4n) is 2.64. The normalized spacial score (nSPS) is 14.4. The molecule has 0 fully saturated rings. The highest BCUT2D eigenvalue weighted by Gasteiger charge is 2.34. The van der Waals surface area contributed by atoms with Crippen molar-refractivity contribution in [2.45, 2.75) is 25.9 Å². The van der Waals surface area contributed by atoms with Crippen LogP contribution in [0.4, 0.5) is 4.39 Å². The molecule has 24 heavy (non-hydrogen) atoms. The number of benzene rings is 2. The summed E-state index contributed by atoms with van der Waals surface area (Å²) in [5.41, 5.74) is 0.190. The average Bonchev–Trinajstić information content (AvgIpc) is 2.81. The summed E-state index contributed by atoms with van der Waals surface area (Å²) in [5.74, 6) is -0.871. The van der Waals surface area contributed by atoms with Crippen LogP contribution in [0.1, 0.15) is 35.3 Å². The van der Waals surface area contributed by atoms with E-state index in [1.807, 2.05) is 13.8 Å². The van der Waals surface area contributed by atoms with Crippen molar-refractivity contribution in [3.8, 4) is 23.3 Å². The van der Waals surface area contributed by atoms with E-state index in [1.165, 1.54) is 24.3 Å². The highest BCUT2D eigenvalue weighted by molar-refractivity contribution is 5.89. The van der Waals surface area contributed by atoms with Gasteiger partial charge in [0, 0.05) is 18.1 Å². The summed E-state index contributed by atoms with van der Waals surface area (Å²) in [4.78, 5) is 11.3. The minimum Gasteiger partial charge on any atom is -0.487 e. The molecule has 0 unspecified atom stereocenters. The molecule has 1 aliphatic heterocycles. The molecule has 0 atom stereocenters. The van der Waals surface area contributed by atoms with Crippen LogP contribution in [0.5, 0.6) is 17.2 Å². The molecule has 0 saturated heterocycles. The molecule has 122 valence electrons. The molecule has 0 bridgehead atoms. The maximum Gasteiger partial charge on any atom is 0.335 e. The topological polar surface area (TPSA) is 79.5 Å². The molecule has 0 spiro atoms. The van der Waals surface area contributed by atoms with Crippen LogP contribution < -0.4 is 9.47 Å². The van der Waals surface area contributed by atoms with Gasteiger partial charge >= 0.3 is 5.97 Å². The SMILES string of the molecule is CC1(C)Cc2c(Oc3ccc(C#N)c(F)c3)cc(C(=O)O)cc2O1. The van der Waals surface area contributed by atoms with E-state index in [0.29, 0.717) is 17.9 Å². The monoisotopic (exact) mass is 327 g/mol. The third-order valence-electron chi connectivity index (χ3n) is 3.69. The highest BCUT2D eigenvalue weighted by atomic mass is 19.1. The van der Waals surface area contributed by atoms with Gasteiger partial charge in [-0.3, -0.25) is 0 Å². The van der Waals surface area contributed by atoms with Crippen LogP contribution in [0.3, 0.4) is 0 Å². The molecule has 3 rings (SSSR count). The van der Waals surface area contributed by atoms with Gasteiger partial charge < -0.3 is 14.6 Å². The number of halogens is 1. The van der Waals surface area contributed by atoms with Crippen LogP contribution in [-0.2, 0) is 6.42 Å². The van der Waals surface area contributed by atoms with Crippen LogP contribution in [0.15, 0.2) is 30.3 Å². The molecule has 0 aliphatic carbocycles. The Bertz CT molecular complexity index is 883. The minimum absolute atomic E-state index is 0.0237. The van der Waals surface area contributed by atoms with Crippen LogP contribution in [0, 0.1) is 17.1 Å². The molecule has 0 radical (unpaired) electrons. The molecule has 5 nitrogen and oxygen atoms in total. The quantitative estimate of drug-likeness (QED) is 0.925. The second kappa shape index (κ2) is 5.53. The van der Waals surface area contributed by atoms with Crippen molar-refractivity contribution in [3.05, 3.63) is 52.8 Å². The van der Waals surface area contributed by atoms with Crippen LogP contribution in [0.2, 0.25) is 0 Å². The van der Waals surface area contributed by atoms with Crippen molar-refractivity contribution in [2.75, 3.05) is 0 Å². The summed E-state index contributed by atoms with van der Waals surface area (Å²) in [6, 6.07) is 8.45. The lowest BCUT2D eigenvalue weighted by molar-refractivity contribution is 0.0695. The predicted octanol–water partition coefficient (Wildman–Crippen LogP) is 3.90. The Morgan fingerprint density at radius 1 is 1.38 bits per heavy atom. The van der Waals surface area contributed by atoms with Crippen LogP contribution in [-0.4, -0.2) is 16.7 Å². The number of carboxylic acids is 1. The minimum atomic E-state index is -1.11. The van der Waals surface area contributed by atoms with Gasteiger partial charge in [0.25, 0.3) is 0 Å². The van der Waals surface area contributed by atoms with E-state index >= 15 is 0 Å². The number of ether oxygens (including phenoxy) is 2. The van der Waals surface area contributed by atoms with Crippen molar-refractivity contribution >= 4 is 5.97 Å². The van der Waals surface area contributed by atoms with Gasteiger partial charge in [-0.1, -0.05) is 0 Å². The Balaban J connectivity index is 2.03. The number of carboxylic acid groups (broad SMARTS) is 1. The number of nitrogens with zero attached hydrogens (tertiary/aromatic N) is 1. The fraction of sp³-hybridized carbons (Fsp3) is 0.222. The third kappa shape index (κ3) is 2.88. The molecule has 1 N–H and O–H groups in total. The highest BCUT2D eigenvalue weighted by Crippen LogP contribution is 2.43. The maximum absolute atomic E-state index is 13.7. The smallest absolute Gasteiger partial charge is 0.335 e. The van der Waals surface area contributed by atoms with Gasteiger partial charge in [-0.05, 0) is 38.1 Å². The Morgan fingerprint density at radius 2 is 2.12 bits per heavy atom. The van der Waals surface area contributed by atoms with Gasteiger partial charge in [-0.25, -0.2) is 9.18 Å². The second-order valence-corrected chi connectivity index (χ2v) is 6.15. The van der Waals surface area contributed by atoms with E-state index in [2.05, 4.69) is 0 Å².